The SMILES string of the molecule is NC(=O)CN(CC(N)=O)c1nnc(Cl)c2ccccc12. The number of anilines is 1. The molecule has 20 heavy (non-hydrogen) atoms. The van der Waals surface area contributed by atoms with Crippen LogP contribution in [-0.4, -0.2) is 35.1 Å². The van der Waals surface area contributed by atoms with Crippen LogP contribution in [0.2, 0.25) is 5.15 Å². The van der Waals surface area contributed by atoms with Crippen LogP contribution < -0.4 is 16.4 Å². The highest BCUT2D eigenvalue weighted by Crippen LogP contribution is 2.27. The molecule has 1 aromatic heterocycles. The summed E-state index contributed by atoms with van der Waals surface area (Å²) in [6.07, 6.45) is 0. The molecule has 0 aliphatic heterocycles. The Labute approximate surface area is 119 Å². The van der Waals surface area contributed by atoms with E-state index in [-0.39, 0.29) is 18.2 Å². The third kappa shape index (κ3) is 2.94. The lowest BCUT2D eigenvalue weighted by Crippen LogP contribution is -2.40. The minimum atomic E-state index is -0.605. The molecule has 0 radical (unpaired) electrons. The molecule has 0 spiro atoms. The predicted molar refractivity (Wildman–Crippen MR) is 75.1 cm³/mol. The summed E-state index contributed by atoms with van der Waals surface area (Å²) < 4.78 is 0. The Morgan fingerprint density at radius 1 is 1.05 bits per heavy atom. The van der Waals surface area contributed by atoms with Gasteiger partial charge < -0.3 is 16.4 Å². The van der Waals surface area contributed by atoms with E-state index in [1.807, 2.05) is 0 Å². The van der Waals surface area contributed by atoms with Crippen LogP contribution in [0, 0.1) is 0 Å². The van der Waals surface area contributed by atoms with E-state index in [0.717, 1.165) is 0 Å². The summed E-state index contributed by atoms with van der Waals surface area (Å²) in [7, 11) is 0. The second-order valence-corrected chi connectivity index (χ2v) is 4.51. The van der Waals surface area contributed by atoms with Crippen molar-refractivity contribution < 1.29 is 9.59 Å². The number of halogens is 1. The van der Waals surface area contributed by atoms with Crippen molar-refractivity contribution in [1.29, 1.82) is 0 Å². The molecular weight excluding hydrogens is 282 g/mol. The summed E-state index contributed by atoms with van der Waals surface area (Å²) >= 11 is 5.97. The van der Waals surface area contributed by atoms with Crippen molar-refractivity contribution >= 4 is 40.0 Å². The fourth-order valence-electron chi connectivity index (χ4n) is 1.87. The monoisotopic (exact) mass is 293 g/mol. The molecule has 0 fully saturated rings. The molecule has 2 rings (SSSR count). The molecule has 2 amide bonds. The number of rotatable bonds is 5. The lowest BCUT2D eigenvalue weighted by atomic mass is 10.2. The Hall–Kier alpha value is -2.41. The van der Waals surface area contributed by atoms with E-state index in [2.05, 4.69) is 10.2 Å². The molecule has 0 aliphatic carbocycles. The van der Waals surface area contributed by atoms with Crippen molar-refractivity contribution in [3.63, 3.8) is 0 Å². The molecule has 0 aliphatic rings. The van der Waals surface area contributed by atoms with Crippen LogP contribution in [0.25, 0.3) is 10.8 Å². The molecule has 104 valence electrons. The number of amides is 2. The van der Waals surface area contributed by atoms with Gasteiger partial charge in [0.1, 0.15) is 0 Å². The van der Waals surface area contributed by atoms with Crippen LogP contribution in [0.5, 0.6) is 0 Å². The number of hydrogen-bond donors (Lipinski definition) is 2. The normalized spacial score (nSPS) is 10.4. The van der Waals surface area contributed by atoms with Gasteiger partial charge in [-0.25, -0.2) is 0 Å². The molecular formula is C12H12ClN5O2. The number of primary amides is 2. The van der Waals surface area contributed by atoms with Crippen molar-refractivity contribution in [2.75, 3.05) is 18.0 Å². The topological polar surface area (TPSA) is 115 Å². The highest BCUT2D eigenvalue weighted by atomic mass is 35.5. The van der Waals surface area contributed by atoms with Crippen LogP contribution in [0.1, 0.15) is 0 Å². The van der Waals surface area contributed by atoms with Gasteiger partial charge in [-0.15, -0.1) is 10.2 Å². The average Bonchev–Trinajstić information content (AvgIpc) is 2.37. The summed E-state index contributed by atoms with van der Waals surface area (Å²) in [5.74, 6) is -0.873. The summed E-state index contributed by atoms with van der Waals surface area (Å²) in [5, 5.41) is 9.32. The molecule has 0 saturated heterocycles. The summed E-state index contributed by atoms with van der Waals surface area (Å²) in [6, 6.07) is 7.12. The number of benzene rings is 1. The van der Waals surface area contributed by atoms with Gasteiger partial charge in [-0.1, -0.05) is 35.9 Å². The van der Waals surface area contributed by atoms with Crippen molar-refractivity contribution in [1.82, 2.24) is 10.2 Å². The Kier molecular flexibility index (Phi) is 3.99. The Morgan fingerprint density at radius 2 is 1.60 bits per heavy atom. The third-order valence-electron chi connectivity index (χ3n) is 2.62. The van der Waals surface area contributed by atoms with Gasteiger partial charge in [-0.2, -0.15) is 0 Å². The van der Waals surface area contributed by atoms with Crippen molar-refractivity contribution in [2.24, 2.45) is 11.5 Å². The second kappa shape index (κ2) is 5.70. The minimum absolute atomic E-state index is 0.191. The van der Waals surface area contributed by atoms with Gasteiger partial charge in [0, 0.05) is 10.8 Å². The van der Waals surface area contributed by atoms with Gasteiger partial charge in [0.15, 0.2) is 11.0 Å². The Balaban J connectivity index is 2.55. The van der Waals surface area contributed by atoms with Gasteiger partial charge in [0.2, 0.25) is 11.8 Å². The summed E-state index contributed by atoms with van der Waals surface area (Å²) in [6.45, 7) is -0.382. The van der Waals surface area contributed by atoms with Gasteiger partial charge in [0.05, 0.1) is 13.1 Å². The molecule has 0 unspecified atom stereocenters. The maximum atomic E-state index is 11.1. The zero-order chi connectivity index (χ0) is 14.7. The van der Waals surface area contributed by atoms with Crippen molar-refractivity contribution in [3.05, 3.63) is 29.4 Å². The van der Waals surface area contributed by atoms with E-state index in [4.69, 9.17) is 23.1 Å². The Morgan fingerprint density at radius 3 is 2.15 bits per heavy atom. The van der Waals surface area contributed by atoms with E-state index in [1.54, 1.807) is 24.3 Å². The molecule has 1 aromatic carbocycles. The van der Waals surface area contributed by atoms with E-state index >= 15 is 0 Å². The molecule has 7 nitrogen and oxygen atoms in total. The first-order valence-electron chi connectivity index (χ1n) is 5.71. The maximum Gasteiger partial charge on any atom is 0.237 e. The third-order valence-corrected chi connectivity index (χ3v) is 2.89. The van der Waals surface area contributed by atoms with Crippen LogP contribution in [-0.2, 0) is 9.59 Å². The molecule has 2 aromatic rings. The minimum Gasteiger partial charge on any atom is -0.368 e. The molecule has 0 bridgehead atoms. The Bertz CT molecular complexity index is 660. The number of hydrogen-bond acceptors (Lipinski definition) is 5. The number of carbonyl (C=O) groups is 2. The fourth-order valence-corrected chi connectivity index (χ4v) is 2.08. The molecule has 8 heteroatoms. The fraction of sp³-hybridized carbons (Fsp3) is 0.167. The summed E-state index contributed by atoms with van der Waals surface area (Å²) in [4.78, 5) is 23.6. The number of nitrogens with two attached hydrogens (primary N) is 2. The second-order valence-electron chi connectivity index (χ2n) is 4.15. The predicted octanol–water partition coefficient (Wildman–Crippen LogP) is 0.0602. The lowest BCUT2D eigenvalue weighted by molar-refractivity contribution is -0.117. The van der Waals surface area contributed by atoms with Gasteiger partial charge in [0.25, 0.3) is 0 Å². The van der Waals surface area contributed by atoms with E-state index in [1.165, 1.54) is 4.90 Å². The first-order valence-corrected chi connectivity index (χ1v) is 6.09. The molecule has 1 heterocycles. The standard InChI is InChI=1S/C12H12ClN5O2/c13-11-7-3-1-2-4-8(7)12(17-16-11)18(5-9(14)19)6-10(15)20/h1-4H,5-6H2,(H2,14,19)(H2,15,20). The van der Waals surface area contributed by atoms with Gasteiger partial charge >= 0.3 is 0 Å². The number of nitrogens with zero attached hydrogens (tertiary/aromatic N) is 3. The van der Waals surface area contributed by atoms with E-state index in [0.29, 0.717) is 16.6 Å². The number of fused-ring (bicyclic) bond motifs is 1. The van der Waals surface area contributed by atoms with Crippen LogP contribution in [0.4, 0.5) is 5.82 Å². The van der Waals surface area contributed by atoms with Crippen molar-refractivity contribution in [2.45, 2.75) is 0 Å². The largest absolute Gasteiger partial charge is 0.368 e. The molecule has 0 atom stereocenters. The average molecular weight is 294 g/mol. The van der Waals surface area contributed by atoms with Crippen LogP contribution in [0.15, 0.2) is 24.3 Å². The smallest absolute Gasteiger partial charge is 0.237 e. The number of carbonyl (C=O) groups excluding carboxylic acids is 2. The van der Waals surface area contributed by atoms with E-state index < -0.39 is 11.8 Å². The first-order chi connectivity index (χ1) is 9.49. The molecule has 0 saturated carbocycles. The van der Waals surface area contributed by atoms with Gasteiger partial charge in [-0.05, 0) is 0 Å². The summed E-state index contributed by atoms with van der Waals surface area (Å²) in [5.41, 5.74) is 10.3. The van der Waals surface area contributed by atoms with Crippen LogP contribution >= 0.6 is 11.6 Å². The van der Waals surface area contributed by atoms with Crippen molar-refractivity contribution in [3.8, 4) is 0 Å². The maximum absolute atomic E-state index is 11.1. The number of aromatic nitrogens is 2. The zero-order valence-corrected chi connectivity index (χ0v) is 11.2. The highest BCUT2D eigenvalue weighted by molar-refractivity contribution is 6.34. The first kappa shape index (κ1) is 14.0. The quantitative estimate of drug-likeness (QED) is 0.809. The van der Waals surface area contributed by atoms with Crippen LogP contribution in [0.3, 0.4) is 0 Å². The highest BCUT2D eigenvalue weighted by Gasteiger charge is 2.18. The van der Waals surface area contributed by atoms with E-state index in [9.17, 15) is 9.59 Å². The lowest BCUT2D eigenvalue weighted by Gasteiger charge is -2.21. The van der Waals surface area contributed by atoms with Gasteiger partial charge in [-0.3, -0.25) is 9.59 Å². The zero-order valence-electron chi connectivity index (χ0n) is 10.4. The molecule has 4 N–H and O–H groups in total.